The Morgan fingerprint density at radius 2 is 2.13 bits per heavy atom. The standard InChI is InChI=1S/C17H25N5O/c1-2-9-21(8-1)15-6-10-22(12-15)17-18-7-5-16(20-17)19-14-4-3-11-23-13-14/h1-2,5,7,14-15H,3-4,6,8-13H2,(H,18,19,20). The molecule has 0 radical (unpaired) electrons. The van der Waals surface area contributed by atoms with Gasteiger partial charge in [-0.3, -0.25) is 4.90 Å². The Labute approximate surface area is 137 Å². The first kappa shape index (κ1) is 14.9. The van der Waals surface area contributed by atoms with Crippen molar-refractivity contribution in [3.63, 3.8) is 0 Å². The lowest BCUT2D eigenvalue weighted by atomic mass is 10.1. The van der Waals surface area contributed by atoms with Crippen molar-refractivity contribution in [1.29, 1.82) is 0 Å². The predicted octanol–water partition coefficient (Wildman–Crippen LogP) is 1.52. The van der Waals surface area contributed by atoms with Gasteiger partial charge in [-0.2, -0.15) is 4.98 Å². The van der Waals surface area contributed by atoms with Crippen LogP contribution in [0.25, 0.3) is 0 Å². The average molecular weight is 315 g/mol. The van der Waals surface area contributed by atoms with Gasteiger partial charge >= 0.3 is 0 Å². The van der Waals surface area contributed by atoms with Crippen molar-refractivity contribution in [3.05, 3.63) is 24.4 Å². The van der Waals surface area contributed by atoms with Crippen molar-refractivity contribution in [2.24, 2.45) is 0 Å². The fourth-order valence-electron chi connectivity index (χ4n) is 3.66. The maximum atomic E-state index is 5.53. The molecule has 2 unspecified atom stereocenters. The van der Waals surface area contributed by atoms with E-state index in [-0.39, 0.29) is 0 Å². The summed E-state index contributed by atoms with van der Waals surface area (Å²) in [6.45, 7) is 5.89. The van der Waals surface area contributed by atoms with Crippen LogP contribution in [0.4, 0.5) is 11.8 Å². The second kappa shape index (κ2) is 6.84. The van der Waals surface area contributed by atoms with Crippen LogP contribution in [0.2, 0.25) is 0 Å². The molecule has 0 aromatic carbocycles. The van der Waals surface area contributed by atoms with E-state index in [0.717, 1.165) is 64.0 Å². The van der Waals surface area contributed by atoms with E-state index in [9.17, 15) is 0 Å². The molecule has 0 amide bonds. The summed E-state index contributed by atoms with van der Waals surface area (Å²) in [4.78, 5) is 14.0. The van der Waals surface area contributed by atoms with E-state index >= 15 is 0 Å². The minimum Gasteiger partial charge on any atom is -0.379 e. The third-order valence-electron chi connectivity index (χ3n) is 4.96. The molecule has 2 saturated heterocycles. The Morgan fingerprint density at radius 3 is 2.96 bits per heavy atom. The van der Waals surface area contributed by atoms with Crippen LogP contribution in [0, 0.1) is 0 Å². The van der Waals surface area contributed by atoms with Gasteiger partial charge < -0.3 is 15.0 Å². The Morgan fingerprint density at radius 1 is 1.22 bits per heavy atom. The number of nitrogens with one attached hydrogen (secondary N) is 1. The molecule has 0 aliphatic carbocycles. The summed E-state index contributed by atoms with van der Waals surface area (Å²) in [5.74, 6) is 1.76. The van der Waals surface area contributed by atoms with Crippen molar-refractivity contribution < 1.29 is 4.74 Å². The molecular weight excluding hydrogens is 290 g/mol. The van der Waals surface area contributed by atoms with E-state index in [1.165, 1.54) is 6.42 Å². The Hall–Kier alpha value is -1.66. The van der Waals surface area contributed by atoms with E-state index in [1.807, 2.05) is 12.3 Å². The third kappa shape index (κ3) is 3.48. The second-order valence-electron chi connectivity index (χ2n) is 6.61. The molecule has 0 saturated carbocycles. The van der Waals surface area contributed by atoms with Crippen LogP contribution in [-0.2, 0) is 4.74 Å². The highest BCUT2D eigenvalue weighted by Gasteiger charge is 2.29. The van der Waals surface area contributed by atoms with Gasteiger partial charge in [0.25, 0.3) is 0 Å². The number of nitrogens with zero attached hydrogens (tertiary/aromatic N) is 4. The molecule has 2 atom stereocenters. The van der Waals surface area contributed by atoms with E-state index < -0.39 is 0 Å². The summed E-state index contributed by atoms with van der Waals surface area (Å²) in [5, 5.41) is 3.49. The van der Waals surface area contributed by atoms with Crippen LogP contribution in [0.3, 0.4) is 0 Å². The maximum Gasteiger partial charge on any atom is 0.227 e. The minimum absolute atomic E-state index is 0.369. The van der Waals surface area contributed by atoms with Crippen LogP contribution in [-0.4, -0.2) is 66.3 Å². The van der Waals surface area contributed by atoms with Crippen molar-refractivity contribution in [1.82, 2.24) is 14.9 Å². The predicted molar refractivity (Wildman–Crippen MR) is 90.8 cm³/mol. The van der Waals surface area contributed by atoms with Crippen LogP contribution in [0.15, 0.2) is 24.4 Å². The van der Waals surface area contributed by atoms with Gasteiger partial charge in [0.05, 0.1) is 12.6 Å². The lowest BCUT2D eigenvalue weighted by Gasteiger charge is -2.25. The van der Waals surface area contributed by atoms with Crippen molar-refractivity contribution in [3.8, 4) is 0 Å². The maximum absolute atomic E-state index is 5.53. The molecule has 4 heterocycles. The molecular formula is C17H25N5O. The minimum atomic E-state index is 0.369. The van der Waals surface area contributed by atoms with Crippen LogP contribution < -0.4 is 10.2 Å². The van der Waals surface area contributed by atoms with Crippen molar-refractivity contribution in [2.75, 3.05) is 49.6 Å². The zero-order chi connectivity index (χ0) is 15.5. The molecule has 4 rings (SSSR count). The average Bonchev–Trinajstić information content (AvgIpc) is 3.28. The van der Waals surface area contributed by atoms with E-state index in [2.05, 4.69) is 32.3 Å². The van der Waals surface area contributed by atoms with Gasteiger partial charge in [-0.05, 0) is 25.3 Å². The van der Waals surface area contributed by atoms with Gasteiger partial charge in [0.15, 0.2) is 0 Å². The van der Waals surface area contributed by atoms with Crippen molar-refractivity contribution in [2.45, 2.75) is 31.3 Å². The first-order chi connectivity index (χ1) is 11.4. The monoisotopic (exact) mass is 315 g/mol. The Balaban J connectivity index is 1.38. The summed E-state index contributed by atoms with van der Waals surface area (Å²) in [6, 6.07) is 2.95. The number of anilines is 2. The second-order valence-corrected chi connectivity index (χ2v) is 6.61. The molecule has 3 aliphatic rings. The van der Waals surface area contributed by atoms with Crippen LogP contribution >= 0.6 is 0 Å². The Kier molecular flexibility index (Phi) is 4.43. The number of hydrogen-bond acceptors (Lipinski definition) is 6. The summed E-state index contributed by atoms with van der Waals surface area (Å²) < 4.78 is 5.53. The van der Waals surface area contributed by atoms with Gasteiger partial charge in [-0.25, -0.2) is 4.98 Å². The highest BCUT2D eigenvalue weighted by molar-refractivity contribution is 5.43. The molecule has 1 N–H and O–H groups in total. The van der Waals surface area contributed by atoms with Crippen molar-refractivity contribution >= 4 is 11.8 Å². The number of ether oxygens (including phenoxy) is 1. The Bertz CT molecular complexity index is 550. The molecule has 0 bridgehead atoms. The fourth-order valence-corrected chi connectivity index (χ4v) is 3.66. The number of aromatic nitrogens is 2. The zero-order valence-corrected chi connectivity index (χ0v) is 13.5. The van der Waals surface area contributed by atoms with Gasteiger partial charge in [0, 0.05) is 45.0 Å². The summed E-state index contributed by atoms with van der Waals surface area (Å²) >= 11 is 0. The van der Waals surface area contributed by atoms with Gasteiger partial charge in [-0.15, -0.1) is 0 Å². The highest BCUT2D eigenvalue weighted by Crippen LogP contribution is 2.22. The first-order valence-corrected chi connectivity index (χ1v) is 8.70. The third-order valence-corrected chi connectivity index (χ3v) is 4.96. The molecule has 0 spiro atoms. The molecule has 3 aliphatic heterocycles. The quantitative estimate of drug-likeness (QED) is 0.850. The highest BCUT2D eigenvalue weighted by atomic mass is 16.5. The SMILES string of the molecule is C1=CCN(C2CCN(c3nccc(NC4CCCOC4)n3)C2)C1. The number of hydrogen-bond donors (Lipinski definition) is 1. The molecule has 1 aromatic rings. The fraction of sp³-hybridized carbons (Fsp3) is 0.647. The smallest absolute Gasteiger partial charge is 0.227 e. The molecule has 2 fully saturated rings. The topological polar surface area (TPSA) is 53.5 Å². The van der Waals surface area contributed by atoms with E-state index in [0.29, 0.717) is 12.1 Å². The van der Waals surface area contributed by atoms with E-state index in [1.54, 1.807) is 0 Å². The van der Waals surface area contributed by atoms with Gasteiger partial charge in [-0.1, -0.05) is 12.2 Å². The van der Waals surface area contributed by atoms with E-state index in [4.69, 9.17) is 9.72 Å². The van der Waals surface area contributed by atoms with Gasteiger partial charge in [0.2, 0.25) is 5.95 Å². The largest absolute Gasteiger partial charge is 0.379 e. The van der Waals surface area contributed by atoms with Gasteiger partial charge in [0.1, 0.15) is 5.82 Å². The number of rotatable bonds is 4. The molecule has 124 valence electrons. The summed E-state index contributed by atoms with van der Waals surface area (Å²) in [7, 11) is 0. The normalized spacial score (nSPS) is 28.4. The van der Waals surface area contributed by atoms with Crippen LogP contribution in [0.1, 0.15) is 19.3 Å². The summed E-state index contributed by atoms with van der Waals surface area (Å²) in [5.41, 5.74) is 0. The lowest BCUT2D eigenvalue weighted by Crippen LogP contribution is -2.36. The molecule has 1 aromatic heterocycles. The first-order valence-electron chi connectivity index (χ1n) is 8.70. The molecule has 6 heteroatoms. The summed E-state index contributed by atoms with van der Waals surface area (Å²) in [6.07, 6.45) is 9.84. The molecule has 23 heavy (non-hydrogen) atoms. The molecule has 6 nitrogen and oxygen atoms in total. The lowest BCUT2D eigenvalue weighted by molar-refractivity contribution is 0.0875. The van der Waals surface area contributed by atoms with Crippen LogP contribution in [0.5, 0.6) is 0 Å². The zero-order valence-electron chi connectivity index (χ0n) is 13.5.